The van der Waals surface area contributed by atoms with E-state index in [2.05, 4.69) is 10.6 Å². The summed E-state index contributed by atoms with van der Waals surface area (Å²) in [5.41, 5.74) is 3.72. The van der Waals surface area contributed by atoms with Gasteiger partial charge in [-0.2, -0.15) is 0 Å². The Morgan fingerprint density at radius 3 is 2.33 bits per heavy atom. The largest absolute Gasteiger partial charge is 0.346 e. The van der Waals surface area contributed by atoms with E-state index in [0.717, 1.165) is 22.4 Å². The number of hydrogen-bond acceptors (Lipinski definition) is 3. The van der Waals surface area contributed by atoms with Gasteiger partial charge in [0.2, 0.25) is 11.8 Å². The molecule has 0 heterocycles. The second kappa shape index (κ2) is 9.53. The van der Waals surface area contributed by atoms with E-state index in [1.807, 2.05) is 68.3 Å². The first-order chi connectivity index (χ1) is 12.8. The molecule has 0 aliphatic heterocycles. The van der Waals surface area contributed by atoms with Gasteiger partial charge in [-0.05, 0) is 50.6 Å². The Bertz CT molecular complexity index is 803. The number of carbonyl (C=O) groups is 2. The SMILES string of the molecule is Cc1cccc(C)c1NC(=O)CNC(=O)[C@@H](C)N(C)Cc1ccccc1Cl. The summed E-state index contributed by atoms with van der Waals surface area (Å²) in [5.74, 6) is -0.456. The standard InChI is InChI=1S/C21H26ClN3O2/c1-14-8-7-9-15(2)20(14)24-19(26)12-23-21(27)16(3)25(4)13-17-10-5-6-11-18(17)22/h5-11,16H,12-13H2,1-4H3,(H,23,27)(H,24,26)/t16-/m1/s1. The third kappa shape index (κ3) is 5.81. The maximum absolute atomic E-state index is 12.4. The second-order valence-electron chi connectivity index (χ2n) is 6.72. The van der Waals surface area contributed by atoms with Gasteiger partial charge in [-0.1, -0.05) is 48.0 Å². The van der Waals surface area contributed by atoms with Crippen LogP contribution in [0.1, 0.15) is 23.6 Å². The number of nitrogens with zero attached hydrogens (tertiary/aromatic N) is 1. The van der Waals surface area contributed by atoms with E-state index in [0.29, 0.717) is 11.6 Å². The van der Waals surface area contributed by atoms with E-state index in [4.69, 9.17) is 11.6 Å². The van der Waals surface area contributed by atoms with Gasteiger partial charge in [0.1, 0.15) is 0 Å². The lowest BCUT2D eigenvalue weighted by atomic mass is 10.1. The number of benzene rings is 2. The van der Waals surface area contributed by atoms with Crippen LogP contribution >= 0.6 is 11.6 Å². The van der Waals surface area contributed by atoms with Crippen molar-refractivity contribution in [2.75, 3.05) is 18.9 Å². The van der Waals surface area contributed by atoms with Crippen LogP contribution in [0.5, 0.6) is 0 Å². The molecule has 0 saturated carbocycles. The Kier molecular flexibility index (Phi) is 7.39. The molecule has 6 heteroatoms. The minimum absolute atomic E-state index is 0.0725. The number of nitrogens with one attached hydrogen (secondary N) is 2. The Hall–Kier alpha value is -2.37. The Labute approximate surface area is 165 Å². The highest BCUT2D eigenvalue weighted by Crippen LogP contribution is 2.19. The number of rotatable bonds is 7. The van der Waals surface area contributed by atoms with Gasteiger partial charge in [-0.3, -0.25) is 14.5 Å². The molecule has 2 aromatic rings. The molecule has 2 N–H and O–H groups in total. The quantitative estimate of drug-likeness (QED) is 0.764. The molecule has 0 aromatic heterocycles. The summed E-state index contributed by atoms with van der Waals surface area (Å²) in [5, 5.41) is 6.23. The van der Waals surface area contributed by atoms with Crippen molar-refractivity contribution in [1.82, 2.24) is 10.2 Å². The monoisotopic (exact) mass is 387 g/mol. The van der Waals surface area contributed by atoms with Crippen molar-refractivity contribution in [3.05, 3.63) is 64.2 Å². The Morgan fingerprint density at radius 1 is 1.07 bits per heavy atom. The number of hydrogen-bond donors (Lipinski definition) is 2. The topological polar surface area (TPSA) is 61.4 Å². The fraction of sp³-hybridized carbons (Fsp3) is 0.333. The van der Waals surface area contributed by atoms with Gasteiger partial charge in [0.05, 0.1) is 12.6 Å². The van der Waals surface area contributed by atoms with Crippen molar-refractivity contribution in [2.24, 2.45) is 0 Å². The average Bonchev–Trinajstić information content (AvgIpc) is 2.64. The average molecular weight is 388 g/mol. The minimum Gasteiger partial charge on any atom is -0.346 e. The summed E-state index contributed by atoms with van der Waals surface area (Å²) >= 11 is 6.18. The molecule has 0 radical (unpaired) electrons. The normalized spacial score (nSPS) is 11.9. The summed E-state index contributed by atoms with van der Waals surface area (Å²) in [7, 11) is 1.85. The molecular formula is C21H26ClN3O2. The van der Waals surface area contributed by atoms with E-state index in [1.54, 1.807) is 6.92 Å². The van der Waals surface area contributed by atoms with Crippen LogP contribution in [-0.2, 0) is 16.1 Å². The molecule has 144 valence electrons. The zero-order valence-electron chi connectivity index (χ0n) is 16.2. The van der Waals surface area contributed by atoms with E-state index in [-0.39, 0.29) is 18.4 Å². The van der Waals surface area contributed by atoms with E-state index >= 15 is 0 Å². The summed E-state index contributed by atoms with van der Waals surface area (Å²) < 4.78 is 0. The third-order valence-corrected chi connectivity index (χ3v) is 4.96. The lowest BCUT2D eigenvalue weighted by Crippen LogP contribution is -2.45. The molecule has 0 fully saturated rings. The molecule has 1 atom stereocenters. The molecule has 0 aliphatic rings. The number of amides is 2. The predicted octanol–water partition coefficient (Wildman–Crippen LogP) is 3.53. The summed E-state index contributed by atoms with van der Waals surface area (Å²) in [6, 6.07) is 13.0. The van der Waals surface area contributed by atoms with Gasteiger partial charge >= 0.3 is 0 Å². The number of para-hydroxylation sites is 1. The Morgan fingerprint density at radius 2 is 1.70 bits per heavy atom. The van der Waals surface area contributed by atoms with Crippen LogP contribution in [0.25, 0.3) is 0 Å². The van der Waals surface area contributed by atoms with Crippen molar-refractivity contribution in [2.45, 2.75) is 33.4 Å². The fourth-order valence-electron chi connectivity index (χ4n) is 2.74. The van der Waals surface area contributed by atoms with Gasteiger partial charge in [-0.25, -0.2) is 0 Å². The van der Waals surface area contributed by atoms with Gasteiger partial charge in [-0.15, -0.1) is 0 Å². The highest BCUT2D eigenvalue weighted by molar-refractivity contribution is 6.31. The maximum atomic E-state index is 12.4. The molecule has 0 saturated heterocycles. The van der Waals surface area contributed by atoms with Crippen molar-refractivity contribution in [3.63, 3.8) is 0 Å². The van der Waals surface area contributed by atoms with Crippen molar-refractivity contribution >= 4 is 29.1 Å². The van der Waals surface area contributed by atoms with E-state index < -0.39 is 6.04 Å². The molecule has 0 unspecified atom stereocenters. The Balaban J connectivity index is 1.87. The van der Waals surface area contributed by atoms with Crippen LogP contribution in [0.15, 0.2) is 42.5 Å². The molecule has 5 nitrogen and oxygen atoms in total. The van der Waals surface area contributed by atoms with Crippen LogP contribution in [0.3, 0.4) is 0 Å². The first-order valence-corrected chi connectivity index (χ1v) is 9.24. The molecule has 2 rings (SSSR count). The lowest BCUT2D eigenvalue weighted by Gasteiger charge is -2.24. The number of carbonyl (C=O) groups excluding carboxylic acids is 2. The zero-order valence-corrected chi connectivity index (χ0v) is 16.9. The first-order valence-electron chi connectivity index (χ1n) is 8.87. The van der Waals surface area contributed by atoms with Gasteiger partial charge < -0.3 is 10.6 Å². The summed E-state index contributed by atoms with van der Waals surface area (Å²) in [6.45, 7) is 6.15. The van der Waals surface area contributed by atoms with Crippen LogP contribution in [0.4, 0.5) is 5.69 Å². The lowest BCUT2D eigenvalue weighted by molar-refractivity contribution is -0.127. The second-order valence-corrected chi connectivity index (χ2v) is 7.12. The first kappa shape index (κ1) is 20.9. The number of aryl methyl sites for hydroxylation is 2. The van der Waals surface area contributed by atoms with Gasteiger partial charge in [0, 0.05) is 17.3 Å². The molecule has 0 spiro atoms. The van der Waals surface area contributed by atoms with Crippen LogP contribution < -0.4 is 10.6 Å². The third-order valence-electron chi connectivity index (χ3n) is 4.59. The summed E-state index contributed by atoms with van der Waals surface area (Å²) in [4.78, 5) is 26.5. The van der Waals surface area contributed by atoms with Crippen molar-refractivity contribution in [3.8, 4) is 0 Å². The summed E-state index contributed by atoms with van der Waals surface area (Å²) in [6.07, 6.45) is 0. The van der Waals surface area contributed by atoms with E-state index in [9.17, 15) is 9.59 Å². The highest BCUT2D eigenvalue weighted by atomic mass is 35.5. The fourth-order valence-corrected chi connectivity index (χ4v) is 2.94. The van der Waals surface area contributed by atoms with Crippen molar-refractivity contribution < 1.29 is 9.59 Å². The molecule has 2 aromatic carbocycles. The number of anilines is 1. The molecule has 2 amide bonds. The molecular weight excluding hydrogens is 362 g/mol. The zero-order chi connectivity index (χ0) is 20.0. The predicted molar refractivity (Wildman–Crippen MR) is 110 cm³/mol. The van der Waals surface area contributed by atoms with Gasteiger partial charge in [0.25, 0.3) is 0 Å². The smallest absolute Gasteiger partial charge is 0.243 e. The molecule has 0 bridgehead atoms. The maximum Gasteiger partial charge on any atom is 0.243 e. The molecule has 0 aliphatic carbocycles. The minimum atomic E-state index is -0.394. The van der Waals surface area contributed by atoms with Crippen LogP contribution in [0.2, 0.25) is 5.02 Å². The van der Waals surface area contributed by atoms with E-state index in [1.165, 1.54) is 0 Å². The van der Waals surface area contributed by atoms with Gasteiger partial charge in [0.15, 0.2) is 0 Å². The number of likely N-dealkylation sites (N-methyl/N-ethyl adjacent to an activating group) is 1. The van der Waals surface area contributed by atoms with Crippen LogP contribution in [0, 0.1) is 13.8 Å². The number of halogens is 1. The van der Waals surface area contributed by atoms with Crippen molar-refractivity contribution in [1.29, 1.82) is 0 Å². The highest BCUT2D eigenvalue weighted by Gasteiger charge is 2.19. The van der Waals surface area contributed by atoms with Crippen LogP contribution in [-0.4, -0.2) is 36.3 Å². The molecule has 27 heavy (non-hydrogen) atoms.